The minimum Gasteiger partial charge on any atom is -0.325 e. The average Bonchev–Trinajstić information content (AvgIpc) is 2.46. The fourth-order valence-electron chi connectivity index (χ4n) is 2.64. The number of nitrogens with one attached hydrogen (secondary N) is 2. The molecule has 5 heteroatoms. The summed E-state index contributed by atoms with van der Waals surface area (Å²) in [6, 6.07) is 6.53. The largest absolute Gasteiger partial charge is 0.325 e. The molecule has 2 rings (SSSR count). The van der Waals surface area contributed by atoms with Gasteiger partial charge in [-0.25, -0.2) is 4.39 Å². The van der Waals surface area contributed by atoms with Crippen molar-refractivity contribution in [2.45, 2.75) is 31.7 Å². The van der Waals surface area contributed by atoms with Crippen molar-refractivity contribution in [2.24, 2.45) is 0 Å². The fourth-order valence-corrected chi connectivity index (χ4v) is 2.64. The number of benzene rings is 1. The second-order valence-corrected chi connectivity index (χ2v) is 5.73. The Labute approximate surface area is 125 Å². The molecule has 2 N–H and O–H groups in total. The molecule has 116 valence electrons. The molecule has 1 aromatic rings. The van der Waals surface area contributed by atoms with Crippen LogP contribution in [0.1, 0.15) is 25.7 Å². The third-order valence-electron chi connectivity index (χ3n) is 3.79. The third kappa shape index (κ3) is 5.81. The van der Waals surface area contributed by atoms with Gasteiger partial charge in [0.2, 0.25) is 5.91 Å². The summed E-state index contributed by atoms with van der Waals surface area (Å²) in [7, 11) is 1.94. The number of rotatable bonds is 6. The van der Waals surface area contributed by atoms with E-state index >= 15 is 0 Å². The van der Waals surface area contributed by atoms with Crippen LogP contribution in [0.25, 0.3) is 0 Å². The maximum atomic E-state index is 13.0. The molecule has 0 bridgehead atoms. The summed E-state index contributed by atoms with van der Waals surface area (Å²) in [6.45, 7) is 2.31. The van der Waals surface area contributed by atoms with E-state index in [0.717, 1.165) is 19.5 Å². The molecule has 1 aliphatic heterocycles. The monoisotopic (exact) mass is 293 g/mol. The minimum atomic E-state index is -0.343. The SMILES string of the molecule is CN(CCC1CCCCN1)CC(=O)Nc1cccc(F)c1. The van der Waals surface area contributed by atoms with Crippen molar-refractivity contribution in [1.29, 1.82) is 0 Å². The van der Waals surface area contributed by atoms with E-state index in [1.165, 1.54) is 31.4 Å². The first-order valence-electron chi connectivity index (χ1n) is 7.61. The molecule has 1 amide bonds. The molecule has 1 atom stereocenters. The molecule has 0 spiro atoms. The van der Waals surface area contributed by atoms with Gasteiger partial charge in [-0.05, 0) is 57.6 Å². The Balaban J connectivity index is 1.69. The van der Waals surface area contributed by atoms with Gasteiger partial charge in [0, 0.05) is 11.7 Å². The van der Waals surface area contributed by atoms with E-state index in [2.05, 4.69) is 10.6 Å². The first-order valence-corrected chi connectivity index (χ1v) is 7.61. The second-order valence-electron chi connectivity index (χ2n) is 5.73. The van der Waals surface area contributed by atoms with Crippen LogP contribution in [0.15, 0.2) is 24.3 Å². The van der Waals surface area contributed by atoms with Crippen LogP contribution in [0, 0.1) is 5.82 Å². The van der Waals surface area contributed by atoms with Gasteiger partial charge in [-0.3, -0.25) is 9.69 Å². The van der Waals surface area contributed by atoms with E-state index in [1.807, 2.05) is 11.9 Å². The van der Waals surface area contributed by atoms with E-state index in [4.69, 9.17) is 0 Å². The van der Waals surface area contributed by atoms with E-state index in [0.29, 0.717) is 18.3 Å². The summed E-state index contributed by atoms with van der Waals surface area (Å²) in [5, 5.41) is 6.22. The molecule has 0 saturated carbocycles. The summed E-state index contributed by atoms with van der Waals surface area (Å²) in [5.41, 5.74) is 0.502. The van der Waals surface area contributed by atoms with Crippen LogP contribution < -0.4 is 10.6 Å². The van der Waals surface area contributed by atoms with Gasteiger partial charge in [0.05, 0.1) is 6.54 Å². The maximum absolute atomic E-state index is 13.0. The normalized spacial score (nSPS) is 18.7. The minimum absolute atomic E-state index is 0.111. The molecule has 0 aliphatic carbocycles. The Morgan fingerprint density at radius 3 is 3.05 bits per heavy atom. The number of halogens is 1. The number of amides is 1. The first-order chi connectivity index (χ1) is 10.1. The highest BCUT2D eigenvalue weighted by Crippen LogP contribution is 2.11. The summed E-state index contributed by atoms with van der Waals surface area (Å²) < 4.78 is 13.0. The first kappa shape index (κ1) is 15.9. The Morgan fingerprint density at radius 1 is 1.48 bits per heavy atom. The summed E-state index contributed by atoms with van der Waals surface area (Å²) >= 11 is 0. The Bertz CT molecular complexity index is 461. The van der Waals surface area contributed by atoms with Gasteiger partial charge >= 0.3 is 0 Å². The van der Waals surface area contributed by atoms with Crippen LogP contribution >= 0.6 is 0 Å². The van der Waals surface area contributed by atoms with Crippen molar-refractivity contribution in [3.05, 3.63) is 30.1 Å². The molecular formula is C16H24FN3O. The predicted molar refractivity (Wildman–Crippen MR) is 82.8 cm³/mol. The van der Waals surface area contributed by atoms with Crippen molar-refractivity contribution < 1.29 is 9.18 Å². The number of hydrogen-bond donors (Lipinski definition) is 2. The van der Waals surface area contributed by atoms with Crippen LogP contribution in [0.5, 0.6) is 0 Å². The molecule has 1 aliphatic rings. The van der Waals surface area contributed by atoms with Gasteiger partial charge < -0.3 is 10.6 Å². The molecule has 1 unspecified atom stereocenters. The molecule has 1 fully saturated rings. The Kier molecular flexibility index (Phi) is 6.14. The van der Waals surface area contributed by atoms with Gasteiger partial charge in [0.15, 0.2) is 0 Å². The number of nitrogens with zero attached hydrogens (tertiary/aromatic N) is 1. The average molecular weight is 293 g/mol. The molecule has 1 heterocycles. The second kappa shape index (κ2) is 8.10. The van der Waals surface area contributed by atoms with Crippen molar-refractivity contribution in [3.8, 4) is 0 Å². The highest BCUT2D eigenvalue weighted by Gasteiger charge is 2.14. The van der Waals surface area contributed by atoms with Gasteiger partial charge in [0.1, 0.15) is 5.82 Å². The molecule has 1 aromatic carbocycles. The van der Waals surface area contributed by atoms with Crippen LogP contribution in [0.4, 0.5) is 10.1 Å². The topological polar surface area (TPSA) is 44.4 Å². The molecule has 0 aromatic heterocycles. The number of anilines is 1. The summed E-state index contributed by atoms with van der Waals surface area (Å²) in [4.78, 5) is 13.9. The standard InChI is InChI=1S/C16H24FN3O/c1-20(10-8-14-6-2-3-9-18-14)12-16(21)19-15-7-4-5-13(17)11-15/h4-5,7,11,14,18H,2-3,6,8-10,12H2,1H3,(H,19,21). The third-order valence-corrected chi connectivity index (χ3v) is 3.79. The van der Waals surface area contributed by atoms with Crippen LogP contribution in [0.2, 0.25) is 0 Å². The highest BCUT2D eigenvalue weighted by atomic mass is 19.1. The van der Waals surface area contributed by atoms with Crippen molar-refractivity contribution >= 4 is 11.6 Å². The quantitative estimate of drug-likeness (QED) is 0.845. The lowest BCUT2D eigenvalue weighted by molar-refractivity contribution is -0.117. The fraction of sp³-hybridized carbons (Fsp3) is 0.562. The zero-order valence-electron chi connectivity index (χ0n) is 12.6. The van der Waals surface area contributed by atoms with Crippen molar-refractivity contribution in [1.82, 2.24) is 10.2 Å². The van der Waals surface area contributed by atoms with Gasteiger partial charge in [-0.15, -0.1) is 0 Å². The number of likely N-dealkylation sites (N-methyl/N-ethyl adjacent to an activating group) is 1. The maximum Gasteiger partial charge on any atom is 0.238 e. The molecular weight excluding hydrogens is 269 g/mol. The molecule has 21 heavy (non-hydrogen) atoms. The summed E-state index contributed by atoms with van der Waals surface area (Å²) in [6.07, 6.45) is 4.84. The number of hydrogen-bond acceptors (Lipinski definition) is 3. The Morgan fingerprint density at radius 2 is 2.33 bits per heavy atom. The van der Waals surface area contributed by atoms with Gasteiger partial charge in [-0.1, -0.05) is 12.5 Å². The predicted octanol–water partition coefficient (Wildman–Crippen LogP) is 2.23. The molecule has 4 nitrogen and oxygen atoms in total. The molecule has 0 radical (unpaired) electrons. The van der Waals surface area contributed by atoms with Crippen molar-refractivity contribution in [3.63, 3.8) is 0 Å². The van der Waals surface area contributed by atoms with Crippen molar-refractivity contribution in [2.75, 3.05) is 32.0 Å². The zero-order chi connectivity index (χ0) is 15.1. The Hall–Kier alpha value is -1.46. The van der Waals surface area contributed by atoms with E-state index in [1.54, 1.807) is 12.1 Å². The van der Waals surface area contributed by atoms with Crippen LogP contribution in [0.3, 0.4) is 0 Å². The lowest BCUT2D eigenvalue weighted by Crippen LogP contribution is -2.38. The highest BCUT2D eigenvalue weighted by molar-refractivity contribution is 5.92. The van der Waals surface area contributed by atoms with E-state index in [9.17, 15) is 9.18 Å². The van der Waals surface area contributed by atoms with Gasteiger partial charge in [-0.2, -0.15) is 0 Å². The van der Waals surface area contributed by atoms with Gasteiger partial charge in [0.25, 0.3) is 0 Å². The number of carbonyl (C=O) groups excluding carboxylic acids is 1. The lowest BCUT2D eigenvalue weighted by Gasteiger charge is -2.25. The lowest BCUT2D eigenvalue weighted by atomic mass is 10.0. The van der Waals surface area contributed by atoms with Crippen LogP contribution in [-0.4, -0.2) is 43.5 Å². The molecule has 1 saturated heterocycles. The smallest absolute Gasteiger partial charge is 0.238 e. The van der Waals surface area contributed by atoms with E-state index < -0.39 is 0 Å². The van der Waals surface area contributed by atoms with Crippen LogP contribution in [-0.2, 0) is 4.79 Å². The summed E-state index contributed by atoms with van der Waals surface area (Å²) in [5.74, 6) is -0.454. The zero-order valence-corrected chi connectivity index (χ0v) is 12.6. The number of piperidine rings is 1. The van der Waals surface area contributed by atoms with E-state index in [-0.39, 0.29) is 11.7 Å². The number of carbonyl (C=O) groups is 1.